The minimum Gasteiger partial charge on any atom is -0.339 e. The van der Waals surface area contributed by atoms with Gasteiger partial charge in [0.15, 0.2) is 0 Å². The van der Waals surface area contributed by atoms with E-state index in [1.165, 1.54) is 0 Å². The lowest BCUT2D eigenvalue weighted by atomic mass is 9.95. The molecule has 0 radical (unpaired) electrons. The number of rotatable bonds is 5. The van der Waals surface area contributed by atoms with Crippen molar-refractivity contribution in [2.45, 2.75) is 37.5 Å². The first-order valence-electron chi connectivity index (χ1n) is 11.7. The number of amides is 2. The van der Waals surface area contributed by atoms with Gasteiger partial charge in [0.2, 0.25) is 15.9 Å². The summed E-state index contributed by atoms with van der Waals surface area (Å²) < 4.78 is 27.4. The molecule has 1 unspecified atom stereocenters. The third kappa shape index (κ3) is 5.62. The second-order valence-corrected chi connectivity index (χ2v) is 11.6. The number of hydrogen-bond donors (Lipinski definition) is 1. The van der Waals surface area contributed by atoms with Gasteiger partial charge in [0, 0.05) is 48.4 Å². The van der Waals surface area contributed by atoms with Crippen LogP contribution in [-0.2, 0) is 14.8 Å². The van der Waals surface area contributed by atoms with Crippen LogP contribution in [0.25, 0.3) is 0 Å². The number of sulfonamides is 1. The van der Waals surface area contributed by atoms with E-state index in [4.69, 9.17) is 11.6 Å². The monoisotopic (exact) mass is 503 g/mol. The SMILES string of the molecule is CC1CCCN(S(=O)(=O)c2ccc(NC(=O)C3CCN(C(=O)c4ccc(Cl)cc4)CC3)cc2)C1. The zero-order valence-corrected chi connectivity index (χ0v) is 20.8. The average molecular weight is 504 g/mol. The van der Waals surface area contributed by atoms with E-state index in [0.29, 0.717) is 61.2 Å². The van der Waals surface area contributed by atoms with Gasteiger partial charge in [-0.05, 0) is 80.1 Å². The second kappa shape index (κ2) is 10.5. The highest BCUT2D eigenvalue weighted by Gasteiger charge is 2.30. The van der Waals surface area contributed by atoms with Gasteiger partial charge in [-0.1, -0.05) is 18.5 Å². The lowest BCUT2D eigenvalue weighted by Gasteiger charge is -2.31. The van der Waals surface area contributed by atoms with Crippen molar-refractivity contribution in [1.29, 1.82) is 0 Å². The summed E-state index contributed by atoms with van der Waals surface area (Å²) in [6.07, 6.45) is 3.07. The van der Waals surface area contributed by atoms with Crippen LogP contribution in [0, 0.1) is 11.8 Å². The van der Waals surface area contributed by atoms with E-state index in [2.05, 4.69) is 12.2 Å². The molecule has 2 aromatic carbocycles. The molecule has 2 aliphatic heterocycles. The largest absolute Gasteiger partial charge is 0.339 e. The Morgan fingerprint density at radius 3 is 2.21 bits per heavy atom. The second-order valence-electron chi connectivity index (χ2n) is 9.20. The van der Waals surface area contributed by atoms with E-state index in [9.17, 15) is 18.0 Å². The fourth-order valence-corrected chi connectivity index (χ4v) is 6.31. The first kappa shape index (κ1) is 24.7. The van der Waals surface area contributed by atoms with E-state index >= 15 is 0 Å². The molecule has 2 heterocycles. The molecule has 7 nitrogen and oxygen atoms in total. The smallest absolute Gasteiger partial charge is 0.253 e. The lowest BCUT2D eigenvalue weighted by Crippen LogP contribution is -2.41. The van der Waals surface area contributed by atoms with Gasteiger partial charge in [0.25, 0.3) is 5.91 Å². The molecule has 34 heavy (non-hydrogen) atoms. The van der Waals surface area contributed by atoms with Crippen molar-refractivity contribution in [3.8, 4) is 0 Å². The Hall–Kier alpha value is -2.42. The fraction of sp³-hybridized carbons (Fsp3) is 0.440. The van der Waals surface area contributed by atoms with E-state index in [-0.39, 0.29) is 22.6 Å². The molecule has 2 saturated heterocycles. The van der Waals surface area contributed by atoms with Crippen LogP contribution in [0.2, 0.25) is 5.02 Å². The van der Waals surface area contributed by atoms with Crippen molar-refractivity contribution < 1.29 is 18.0 Å². The summed E-state index contributed by atoms with van der Waals surface area (Å²) in [6, 6.07) is 13.2. The van der Waals surface area contributed by atoms with Crippen molar-refractivity contribution in [1.82, 2.24) is 9.21 Å². The number of piperidine rings is 2. The molecule has 2 aliphatic rings. The number of nitrogens with zero attached hydrogens (tertiary/aromatic N) is 2. The Labute approximate surface area is 206 Å². The first-order valence-corrected chi connectivity index (χ1v) is 13.5. The van der Waals surface area contributed by atoms with Gasteiger partial charge < -0.3 is 10.2 Å². The van der Waals surface area contributed by atoms with Crippen LogP contribution in [0.1, 0.15) is 43.0 Å². The van der Waals surface area contributed by atoms with Crippen molar-refractivity contribution in [3.63, 3.8) is 0 Å². The van der Waals surface area contributed by atoms with Crippen molar-refractivity contribution in [2.75, 3.05) is 31.5 Å². The maximum absolute atomic E-state index is 12.9. The van der Waals surface area contributed by atoms with Gasteiger partial charge in [0.05, 0.1) is 4.90 Å². The molecule has 0 spiro atoms. The summed E-state index contributed by atoms with van der Waals surface area (Å²) in [5, 5.41) is 3.48. The summed E-state index contributed by atoms with van der Waals surface area (Å²) in [7, 11) is -3.52. The van der Waals surface area contributed by atoms with Crippen molar-refractivity contribution >= 4 is 39.1 Å². The molecular weight excluding hydrogens is 474 g/mol. The van der Waals surface area contributed by atoms with Gasteiger partial charge in [-0.25, -0.2) is 8.42 Å². The van der Waals surface area contributed by atoms with E-state index in [1.54, 1.807) is 57.7 Å². The zero-order chi connectivity index (χ0) is 24.3. The summed E-state index contributed by atoms with van der Waals surface area (Å²) in [6.45, 7) is 4.17. The maximum Gasteiger partial charge on any atom is 0.253 e. The fourth-order valence-electron chi connectivity index (χ4n) is 4.59. The number of carbonyl (C=O) groups is 2. The first-order chi connectivity index (χ1) is 16.2. The molecule has 4 rings (SSSR count). The molecule has 9 heteroatoms. The van der Waals surface area contributed by atoms with Crippen molar-refractivity contribution in [3.05, 3.63) is 59.1 Å². The summed E-state index contributed by atoms with van der Waals surface area (Å²) in [4.78, 5) is 27.4. The minimum absolute atomic E-state index is 0.0598. The Kier molecular flexibility index (Phi) is 7.60. The Morgan fingerprint density at radius 1 is 0.941 bits per heavy atom. The number of hydrogen-bond acceptors (Lipinski definition) is 4. The molecule has 182 valence electrons. The summed E-state index contributed by atoms with van der Waals surface area (Å²) in [5.41, 5.74) is 1.15. The van der Waals surface area contributed by atoms with Crippen LogP contribution in [0.15, 0.2) is 53.4 Å². The predicted molar refractivity (Wildman–Crippen MR) is 132 cm³/mol. The van der Waals surface area contributed by atoms with Gasteiger partial charge in [-0.15, -0.1) is 0 Å². The molecule has 0 bridgehead atoms. The highest BCUT2D eigenvalue weighted by molar-refractivity contribution is 7.89. The maximum atomic E-state index is 12.9. The molecular formula is C25H30ClN3O4S. The van der Waals surface area contributed by atoms with Crippen LogP contribution in [0.4, 0.5) is 5.69 Å². The van der Waals surface area contributed by atoms with Crippen LogP contribution < -0.4 is 5.32 Å². The summed E-state index contributed by atoms with van der Waals surface area (Å²) in [5.74, 6) is -0.0167. The molecule has 0 saturated carbocycles. The van der Waals surface area contributed by atoms with Gasteiger partial charge in [0.1, 0.15) is 0 Å². The number of benzene rings is 2. The standard InChI is InChI=1S/C25H30ClN3O4S/c1-18-3-2-14-29(17-18)34(32,33)23-10-8-22(9-11-23)27-24(30)19-12-15-28(16-13-19)25(31)20-4-6-21(26)7-5-20/h4-11,18-19H,2-3,12-17H2,1H3,(H,27,30). The predicted octanol–water partition coefficient (Wildman–Crippen LogP) is 4.25. The number of nitrogens with one attached hydrogen (secondary N) is 1. The van der Waals surface area contributed by atoms with E-state index in [1.807, 2.05) is 0 Å². The number of carbonyl (C=O) groups excluding carboxylic acids is 2. The Balaban J connectivity index is 1.31. The van der Waals surface area contributed by atoms with Crippen LogP contribution in [0.5, 0.6) is 0 Å². The van der Waals surface area contributed by atoms with E-state index < -0.39 is 10.0 Å². The third-order valence-electron chi connectivity index (χ3n) is 6.62. The molecule has 2 amide bonds. The highest BCUT2D eigenvalue weighted by Crippen LogP contribution is 2.25. The van der Waals surface area contributed by atoms with Gasteiger partial charge >= 0.3 is 0 Å². The zero-order valence-electron chi connectivity index (χ0n) is 19.2. The average Bonchev–Trinajstić information content (AvgIpc) is 2.84. The molecule has 2 fully saturated rings. The molecule has 1 N–H and O–H groups in total. The highest BCUT2D eigenvalue weighted by atomic mass is 35.5. The molecule has 2 aromatic rings. The number of halogens is 1. The van der Waals surface area contributed by atoms with Gasteiger partial charge in [-0.3, -0.25) is 9.59 Å². The molecule has 0 aromatic heterocycles. The molecule has 1 atom stereocenters. The van der Waals surface area contributed by atoms with E-state index in [0.717, 1.165) is 12.8 Å². The van der Waals surface area contributed by atoms with Crippen LogP contribution >= 0.6 is 11.6 Å². The number of anilines is 1. The third-order valence-corrected chi connectivity index (χ3v) is 8.75. The minimum atomic E-state index is -3.52. The van der Waals surface area contributed by atoms with Crippen LogP contribution in [0.3, 0.4) is 0 Å². The Morgan fingerprint density at radius 2 is 1.59 bits per heavy atom. The van der Waals surface area contributed by atoms with Crippen LogP contribution in [-0.4, -0.2) is 55.6 Å². The normalized spacial score (nSPS) is 20.2. The molecule has 0 aliphatic carbocycles. The summed E-state index contributed by atoms with van der Waals surface area (Å²) >= 11 is 5.89. The lowest BCUT2D eigenvalue weighted by molar-refractivity contribution is -0.121. The number of likely N-dealkylation sites (tertiary alicyclic amines) is 1. The topological polar surface area (TPSA) is 86.8 Å². The van der Waals surface area contributed by atoms with Gasteiger partial charge in [-0.2, -0.15) is 4.31 Å². The van der Waals surface area contributed by atoms with Crippen molar-refractivity contribution in [2.24, 2.45) is 11.8 Å². The Bertz CT molecular complexity index is 1130. The quantitative estimate of drug-likeness (QED) is 0.660.